The van der Waals surface area contributed by atoms with Gasteiger partial charge in [0, 0.05) is 0 Å². The van der Waals surface area contributed by atoms with Crippen molar-refractivity contribution >= 4 is 0 Å². The van der Waals surface area contributed by atoms with Gasteiger partial charge in [-0.05, 0) is 25.3 Å². The minimum atomic E-state index is -4.11. The van der Waals surface area contributed by atoms with Crippen molar-refractivity contribution in [2.45, 2.75) is 44.8 Å². The first-order valence-corrected chi connectivity index (χ1v) is 4.76. The van der Waals surface area contributed by atoms with Crippen LogP contribution < -0.4 is 5.32 Å². The summed E-state index contributed by atoms with van der Waals surface area (Å²) in [6, 6.07) is 0. The van der Waals surface area contributed by atoms with E-state index in [1.54, 1.807) is 13.8 Å². The maximum Gasteiger partial charge on any atom is 0.406 e. The Morgan fingerprint density at radius 1 is 1.46 bits per heavy atom. The molecular weight excluding hydrogens is 179 g/mol. The maximum atomic E-state index is 12.8. The highest BCUT2D eigenvalue weighted by Crippen LogP contribution is 2.46. The Morgan fingerprint density at radius 3 is 2.38 bits per heavy atom. The highest BCUT2D eigenvalue weighted by atomic mass is 19.4. The highest BCUT2D eigenvalue weighted by Gasteiger charge is 2.58. The molecule has 4 heteroatoms. The Bertz CT molecular complexity index is 178. The van der Waals surface area contributed by atoms with Crippen molar-refractivity contribution in [1.82, 2.24) is 5.32 Å². The summed E-state index contributed by atoms with van der Waals surface area (Å²) in [5.74, 6) is -0.299. The van der Waals surface area contributed by atoms with Gasteiger partial charge in [-0.1, -0.05) is 20.3 Å². The van der Waals surface area contributed by atoms with Crippen molar-refractivity contribution in [2.75, 3.05) is 6.54 Å². The molecule has 1 N–H and O–H groups in total. The lowest BCUT2D eigenvalue weighted by Gasteiger charge is -2.36. The van der Waals surface area contributed by atoms with Crippen molar-refractivity contribution < 1.29 is 13.2 Å². The van der Waals surface area contributed by atoms with Crippen LogP contribution in [0.25, 0.3) is 0 Å². The van der Waals surface area contributed by atoms with E-state index in [0.717, 1.165) is 0 Å². The van der Waals surface area contributed by atoms with Crippen molar-refractivity contribution in [3.8, 4) is 0 Å². The van der Waals surface area contributed by atoms with Crippen LogP contribution in [0.4, 0.5) is 13.2 Å². The molecule has 0 heterocycles. The zero-order chi connectivity index (χ0) is 10.1. The molecule has 0 amide bonds. The first kappa shape index (κ1) is 10.8. The lowest BCUT2D eigenvalue weighted by molar-refractivity contribution is -0.205. The lowest BCUT2D eigenvalue weighted by atomic mass is 9.87. The van der Waals surface area contributed by atoms with Crippen molar-refractivity contribution in [3.63, 3.8) is 0 Å². The molecule has 1 aliphatic rings. The first-order valence-electron chi connectivity index (χ1n) is 4.76. The summed E-state index contributed by atoms with van der Waals surface area (Å²) in [4.78, 5) is 0. The van der Waals surface area contributed by atoms with E-state index in [4.69, 9.17) is 0 Å². The fraction of sp³-hybridized carbons (Fsp3) is 1.00. The standard InChI is InChI=1S/C9H16F3N/c1-3-13-8(9(10,11)12)6-4-5-7(8)2/h7,13H,3-6H2,1-2H3. The van der Waals surface area contributed by atoms with Crippen LogP contribution in [0.1, 0.15) is 33.1 Å². The van der Waals surface area contributed by atoms with Gasteiger partial charge >= 0.3 is 6.18 Å². The predicted molar refractivity (Wildman–Crippen MR) is 45.5 cm³/mol. The molecule has 1 rings (SSSR count). The second kappa shape index (κ2) is 3.48. The van der Waals surface area contributed by atoms with Gasteiger partial charge in [-0.15, -0.1) is 0 Å². The Morgan fingerprint density at radius 2 is 2.08 bits per heavy atom. The molecule has 1 nitrogen and oxygen atoms in total. The number of halogens is 3. The molecule has 0 saturated heterocycles. The SMILES string of the molecule is CCNC1(C(F)(F)F)CCCC1C. The zero-order valence-corrected chi connectivity index (χ0v) is 8.04. The molecule has 1 aliphatic carbocycles. The molecule has 0 aromatic rings. The Hall–Kier alpha value is -0.250. The molecule has 1 saturated carbocycles. The number of hydrogen-bond donors (Lipinski definition) is 1. The van der Waals surface area contributed by atoms with Gasteiger partial charge in [0.25, 0.3) is 0 Å². The smallest absolute Gasteiger partial charge is 0.304 e. The van der Waals surface area contributed by atoms with Crippen molar-refractivity contribution in [3.05, 3.63) is 0 Å². The van der Waals surface area contributed by atoms with Crippen LogP contribution in [0.5, 0.6) is 0 Å². The second-order valence-electron chi connectivity index (χ2n) is 3.79. The molecule has 2 unspecified atom stereocenters. The number of hydrogen-bond acceptors (Lipinski definition) is 1. The van der Waals surface area contributed by atoms with Crippen LogP contribution >= 0.6 is 0 Å². The van der Waals surface area contributed by atoms with Crippen molar-refractivity contribution in [2.24, 2.45) is 5.92 Å². The predicted octanol–water partition coefficient (Wildman–Crippen LogP) is 2.72. The van der Waals surface area contributed by atoms with Gasteiger partial charge in [0.1, 0.15) is 5.54 Å². The normalized spacial score (nSPS) is 35.3. The van der Waals surface area contributed by atoms with Crippen LogP contribution in [0.2, 0.25) is 0 Å². The largest absolute Gasteiger partial charge is 0.406 e. The molecule has 0 aromatic carbocycles. The summed E-state index contributed by atoms with van der Waals surface area (Å²) in [6.45, 7) is 3.78. The van der Waals surface area contributed by atoms with Crippen LogP contribution in [-0.2, 0) is 0 Å². The third kappa shape index (κ3) is 1.68. The Kier molecular flexibility index (Phi) is 2.90. The number of alkyl halides is 3. The van der Waals surface area contributed by atoms with Crippen LogP contribution in [0.3, 0.4) is 0 Å². The zero-order valence-electron chi connectivity index (χ0n) is 8.04. The van der Waals surface area contributed by atoms with Gasteiger partial charge in [-0.3, -0.25) is 0 Å². The van der Waals surface area contributed by atoms with Gasteiger partial charge in [0.05, 0.1) is 0 Å². The lowest BCUT2D eigenvalue weighted by Crippen LogP contribution is -2.58. The molecule has 0 radical (unpaired) electrons. The summed E-state index contributed by atoms with van der Waals surface area (Å²) >= 11 is 0. The molecular formula is C9H16F3N. The number of rotatable bonds is 2. The van der Waals surface area contributed by atoms with Gasteiger partial charge < -0.3 is 5.32 Å². The molecule has 78 valence electrons. The fourth-order valence-electron chi connectivity index (χ4n) is 2.28. The second-order valence-corrected chi connectivity index (χ2v) is 3.79. The van der Waals surface area contributed by atoms with Gasteiger partial charge in [-0.25, -0.2) is 0 Å². The van der Waals surface area contributed by atoms with E-state index >= 15 is 0 Å². The van der Waals surface area contributed by atoms with E-state index in [0.29, 0.717) is 19.4 Å². The monoisotopic (exact) mass is 195 g/mol. The summed E-state index contributed by atoms with van der Waals surface area (Å²) in [7, 11) is 0. The summed E-state index contributed by atoms with van der Waals surface area (Å²) in [6.07, 6.45) is -2.54. The molecule has 0 bridgehead atoms. The molecule has 0 spiro atoms. The summed E-state index contributed by atoms with van der Waals surface area (Å²) in [5, 5.41) is 2.62. The minimum absolute atomic E-state index is 0.228. The summed E-state index contributed by atoms with van der Waals surface area (Å²) in [5.41, 5.74) is -1.61. The maximum absolute atomic E-state index is 12.8. The highest BCUT2D eigenvalue weighted by molar-refractivity contribution is 5.02. The van der Waals surface area contributed by atoms with E-state index in [1.165, 1.54) is 0 Å². The molecule has 0 aromatic heterocycles. The van der Waals surface area contributed by atoms with Crippen LogP contribution in [0, 0.1) is 5.92 Å². The third-order valence-electron chi connectivity index (χ3n) is 3.05. The summed E-state index contributed by atoms with van der Waals surface area (Å²) < 4.78 is 38.4. The molecule has 0 aliphatic heterocycles. The Balaban J connectivity index is 2.87. The average molecular weight is 195 g/mol. The first-order chi connectivity index (χ1) is 5.94. The van der Waals surface area contributed by atoms with Gasteiger partial charge in [0.15, 0.2) is 0 Å². The fourth-order valence-corrected chi connectivity index (χ4v) is 2.28. The topological polar surface area (TPSA) is 12.0 Å². The average Bonchev–Trinajstić information content (AvgIpc) is 2.33. The van der Waals surface area contributed by atoms with E-state index in [-0.39, 0.29) is 12.3 Å². The molecule has 13 heavy (non-hydrogen) atoms. The van der Waals surface area contributed by atoms with E-state index in [1.807, 2.05) is 0 Å². The third-order valence-corrected chi connectivity index (χ3v) is 3.05. The number of nitrogens with one attached hydrogen (secondary N) is 1. The molecule has 1 fully saturated rings. The Labute approximate surface area is 76.7 Å². The van der Waals surface area contributed by atoms with Crippen molar-refractivity contribution in [1.29, 1.82) is 0 Å². The van der Waals surface area contributed by atoms with E-state index in [9.17, 15) is 13.2 Å². The van der Waals surface area contributed by atoms with Gasteiger partial charge in [-0.2, -0.15) is 13.2 Å². The minimum Gasteiger partial charge on any atom is -0.304 e. The molecule has 2 atom stereocenters. The van der Waals surface area contributed by atoms with Crippen LogP contribution in [-0.4, -0.2) is 18.3 Å². The van der Waals surface area contributed by atoms with E-state index in [2.05, 4.69) is 5.32 Å². The van der Waals surface area contributed by atoms with Crippen LogP contribution in [0.15, 0.2) is 0 Å². The van der Waals surface area contributed by atoms with Gasteiger partial charge in [0.2, 0.25) is 0 Å². The van der Waals surface area contributed by atoms with E-state index < -0.39 is 11.7 Å². The quantitative estimate of drug-likeness (QED) is 0.714.